The molecule has 1 aliphatic rings. The van der Waals surface area contributed by atoms with Crippen LogP contribution in [0, 0.1) is 5.92 Å². The van der Waals surface area contributed by atoms with Gasteiger partial charge in [0.1, 0.15) is 0 Å². The fourth-order valence-electron chi connectivity index (χ4n) is 2.35. The van der Waals surface area contributed by atoms with Crippen molar-refractivity contribution in [1.82, 2.24) is 4.90 Å². The lowest BCUT2D eigenvalue weighted by atomic mass is 10.0. The van der Waals surface area contributed by atoms with E-state index in [2.05, 4.69) is 4.90 Å². The van der Waals surface area contributed by atoms with Gasteiger partial charge in [-0.15, -0.1) is 0 Å². The summed E-state index contributed by atoms with van der Waals surface area (Å²) in [4.78, 5) is 16.3. The van der Waals surface area contributed by atoms with Crippen molar-refractivity contribution in [3.05, 3.63) is 29.3 Å². The predicted molar refractivity (Wildman–Crippen MR) is 83.1 cm³/mol. The van der Waals surface area contributed by atoms with Gasteiger partial charge in [-0.05, 0) is 24.1 Å². The smallest absolute Gasteiger partial charge is 0.239 e. The summed E-state index contributed by atoms with van der Waals surface area (Å²) < 4.78 is 0. The van der Waals surface area contributed by atoms with Crippen LogP contribution in [-0.2, 0) is 4.79 Å². The number of rotatable bonds is 3. The second kappa shape index (κ2) is 6.46. The summed E-state index contributed by atoms with van der Waals surface area (Å²) in [5.74, 6) is 0.235. The highest BCUT2D eigenvalue weighted by Crippen LogP contribution is 2.21. The molecule has 1 heterocycles. The van der Waals surface area contributed by atoms with Gasteiger partial charge in [0, 0.05) is 36.9 Å². The first-order valence-corrected chi connectivity index (χ1v) is 7.41. The van der Waals surface area contributed by atoms with Gasteiger partial charge in [-0.2, -0.15) is 0 Å². The molecule has 1 aromatic rings. The van der Waals surface area contributed by atoms with E-state index in [1.54, 1.807) is 0 Å². The zero-order valence-corrected chi connectivity index (χ0v) is 12.8. The van der Waals surface area contributed by atoms with Crippen molar-refractivity contribution in [1.29, 1.82) is 0 Å². The highest BCUT2D eigenvalue weighted by atomic mass is 35.5. The van der Waals surface area contributed by atoms with E-state index < -0.39 is 6.04 Å². The summed E-state index contributed by atoms with van der Waals surface area (Å²) in [6.45, 7) is 7.01. The van der Waals surface area contributed by atoms with Gasteiger partial charge in [-0.1, -0.05) is 31.5 Å². The first-order chi connectivity index (χ1) is 9.49. The summed E-state index contributed by atoms with van der Waals surface area (Å²) in [5.41, 5.74) is 7.04. The van der Waals surface area contributed by atoms with Gasteiger partial charge < -0.3 is 15.5 Å². The highest BCUT2D eigenvalue weighted by Gasteiger charge is 2.26. The minimum absolute atomic E-state index is 0.0609. The van der Waals surface area contributed by atoms with Crippen LogP contribution in [0.1, 0.15) is 13.8 Å². The predicted octanol–water partition coefficient (Wildman–Crippen LogP) is 1.97. The van der Waals surface area contributed by atoms with Crippen molar-refractivity contribution >= 4 is 23.2 Å². The molecule has 1 aliphatic heterocycles. The molecule has 1 amide bonds. The van der Waals surface area contributed by atoms with Crippen LogP contribution in [0.3, 0.4) is 0 Å². The van der Waals surface area contributed by atoms with Gasteiger partial charge in [0.2, 0.25) is 5.91 Å². The zero-order valence-electron chi connectivity index (χ0n) is 12.1. The molecule has 0 radical (unpaired) electrons. The average Bonchev–Trinajstić information content (AvgIpc) is 2.46. The summed E-state index contributed by atoms with van der Waals surface area (Å²) in [6.07, 6.45) is 0. The molecular weight excluding hydrogens is 274 g/mol. The largest absolute Gasteiger partial charge is 0.368 e. The number of halogens is 1. The van der Waals surface area contributed by atoms with Crippen LogP contribution in [0.15, 0.2) is 24.3 Å². The third kappa shape index (κ3) is 3.44. The van der Waals surface area contributed by atoms with Gasteiger partial charge in [-0.3, -0.25) is 4.79 Å². The third-order valence-corrected chi connectivity index (χ3v) is 4.00. The molecule has 0 spiro atoms. The van der Waals surface area contributed by atoms with Crippen molar-refractivity contribution in [2.75, 3.05) is 31.1 Å². The molecule has 4 nitrogen and oxygen atoms in total. The monoisotopic (exact) mass is 295 g/mol. The molecule has 0 saturated carbocycles. The Morgan fingerprint density at radius 1 is 1.25 bits per heavy atom. The number of hydrogen-bond donors (Lipinski definition) is 1. The van der Waals surface area contributed by atoms with Crippen molar-refractivity contribution in [2.24, 2.45) is 11.7 Å². The first kappa shape index (κ1) is 15.1. The maximum absolute atomic E-state index is 12.2. The summed E-state index contributed by atoms with van der Waals surface area (Å²) >= 11 is 6.01. The van der Waals surface area contributed by atoms with Crippen LogP contribution in [-0.4, -0.2) is 43.0 Å². The molecular formula is C15H22ClN3O. The molecule has 0 aliphatic carbocycles. The molecule has 5 heteroatoms. The quantitative estimate of drug-likeness (QED) is 0.927. The van der Waals surface area contributed by atoms with E-state index >= 15 is 0 Å². The lowest BCUT2D eigenvalue weighted by Crippen LogP contribution is -2.54. The molecule has 20 heavy (non-hydrogen) atoms. The maximum Gasteiger partial charge on any atom is 0.239 e. The van der Waals surface area contributed by atoms with Crippen molar-refractivity contribution in [3.63, 3.8) is 0 Å². The van der Waals surface area contributed by atoms with Gasteiger partial charge in [0.05, 0.1) is 6.04 Å². The third-order valence-electron chi connectivity index (χ3n) is 3.77. The fraction of sp³-hybridized carbons (Fsp3) is 0.533. The Labute approximate surface area is 125 Å². The second-order valence-electron chi connectivity index (χ2n) is 5.56. The molecule has 110 valence electrons. The van der Waals surface area contributed by atoms with Crippen LogP contribution >= 0.6 is 11.6 Å². The number of piperazine rings is 1. The van der Waals surface area contributed by atoms with Crippen LogP contribution in [0.2, 0.25) is 5.02 Å². The molecule has 0 aromatic heterocycles. The van der Waals surface area contributed by atoms with Crippen LogP contribution in [0.25, 0.3) is 0 Å². The normalized spacial score (nSPS) is 17.4. The Balaban J connectivity index is 1.94. The van der Waals surface area contributed by atoms with Crippen molar-refractivity contribution < 1.29 is 4.79 Å². The van der Waals surface area contributed by atoms with E-state index in [1.807, 2.05) is 43.0 Å². The molecule has 1 atom stereocenters. The van der Waals surface area contributed by atoms with E-state index in [9.17, 15) is 4.79 Å². The minimum atomic E-state index is -0.396. The van der Waals surface area contributed by atoms with Crippen LogP contribution in [0.4, 0.5) is 5.69 Å². The first-order valence-electron chi connectivity index (χ1n) is 7.04. The van der Waals surface area contributed by atoms with E-state index in [0.717, 1.165) is 23.8 Å². The van der Waals surface area contributed by atoms with Gasteiger partial charge >= 0.3 is 0 Å². The molecule has 1 aromatic carbocycles. The number of nitrogens with two attached hydrogens (primary N) is 1. The Hall–Kier alpha value is -1.26. The lowest BCUT2D eigenvalue weighted by Gasteiger charge is -2.37. The standard InChI is InChI=1S/C15H22ClN3O/c1-11(2)14(17)15(20)19-8-6-18(7-9-19)13-5-3-4-12(16)10-13/h3-5,10-11,14H,6-9,17H2,1-2H3/t14-/m0/s1. The molecule has 1 fully saturated rings. The summed E-state index contributed by atoms with van der Waals surface area (Å²) in [5, 5.41) is 0.739. The molecule has 0 unspecified atom stereocenters. The van der Waals surface area contributed by atoms with Crippen molar-refractivity contribution in [3.8, 4) is 0 Å². The Morgan fingerprint density at radius 3 is 2.45 bits per heavy atom. The average molecular weight is 296 g/mol. The van der Waals surface area contributed by atoms with E-state index in [4.69, 9.17) is 17.3 Å². The molecule has 1 saturated heterocycles. The Morgan fingerprint density at radius 2 is 1.90 bits per heavy atom. The number of carbonyl (C=O) groups excluding carboxylic acids is 1. The number of benzene rings is 1. The molecule has 2 N–H and O–H groups in total. The lowest BCUT2D eigenvalue weighted by molar-refractivity contribution is -0.133. The van der Waals surface area contributed by atoms with Gasteiger partial charge in [-0.25, -0.2) is 0 Å². The second-order valence-corrected chi connectivity index (χ2v) is 6.00. The van der Waals surface area contributed by atoms with E-state index in [-0.39, 0.29) is 11.8 Å². The zero-order chi connectivity index (χ0) is 14.7. The number of hydrogen-bond acceptors (Lipinski definition) is 3. The van der Waals surface area contributed by atoms with Crippen LogP contribution < -0.4 is 10.6 Å². The molecule has 2 rings (SSSR count). The highest BCUT2D eigenvalue weighted by molar-refractivity contribution is 6.30. The summed E-state index contributed by atoms with van der Waals surface area (Å²) in [7, 11) is 0. The van der Waals surface area contributed by atoms with Gasteiger partial charge in [0.25, 0.3) is 0 Å². The Bertz CT molecular complexity index is 470. The van der Waals surface area contributed by atoms with Crippen LogP contribution in [0.5, 0.6) is 0 Å². The van der Waals surface area contributed by atoms with E-state index in [1.165, 1.54) is 0 Å². The Kier molecular flexibility index (Phi) is 4.89. The van der Waals surface area contributed by atoms with E-state index in [0.29, 0.717) is 13.1 Å². The number of anilines is 1. The topological polar surface area (TPSA) is 49.6 Å². The minimum Gasteiger partial charge on any atom is -0.368 e. The van der Waals surface area contributed by atoms with Crippen molar-refractivity contribution in [2.45, 2.75) is 19.9 Å². The fourth-order valence-corrected chi connectivity index (χ4v) is 2.54. The summed E-state index contributed by atoms with van der Waals surface area (Å²) in [6, 6.07) is 7.42. The molecule has 0 bridgehead atoms. The SMILES string of the molecule is CC(C)[C@H](N)C(=O)N1CCN(c2cccc(Cl)c2)CC1. The maximum atomic E-state index is 12.2. The number of nitrogens with zero attached hydrogens (tertiary/aromatic N) is 2. The number of carbonyl (C=O) groups is 1. The number of amides is 1. The van der Waals surface area contributed by atoms with Gasteiger partial charge in [0.15, 0.2) is 0 Å².